The van der Waals surface area contributed by atoms with Gasteiger partial charge in [0, 0.05) is 10.7 Å². The first kappa shape index (κ1) is 16.0. The summed E-state index contributed by atoms with van der Waals surface area (Å²) in [6, 6.07) is 7.15. The number of rotatable bonds is 5. The molecule has 0 fully saturated rings. The summed E-state index contributed by atoms with van der Waals surface area (Å²) in [5.74, 6) is 0.454. The summed E-state index contributed by atoms with van der Waals surface area (Å²) in [5.41, 5.74) is 0.972. The summed E-state index contributed by atoms with van der Waals surface area (Å²) in [7, 11) is 0. The van der Waals surface area contributed by atoms with Crippen LogP contribution in [0, 0.1) is 11.3 Å². The molecular formula is C15H23ClN2O. The lowest BCUT2D eigenvalue weighted by Gasteiger charge is -2.27. The van der Waals surface area contributed by atoms with Crippen molar-refractivity contribution in [1.29, 1.82) is 0 Å². The highest BCUT2D eigenvalue weighted by Gasteiger charge is 2.19. The maximum absolute atomic E-state index is 11.7. The fourth-order valence-electron chi connectivity index (χ4n) is 1.48. The first-order valence-electron chi connectivity index (χ1n) is 6.55. The van der Waals surface area contributed by atoms with Crippen molar-refractivity contribution in [3.8, 4) is 0 Å². The fourth-order valence-corrected chi connectivity index (χ4v) is 1.67. The van der Waals surface area contributed by atoms with Crippen molar-refractivity contribution in [1.82, 2.24) is 5.32 Å². The van der Waals surface area contributed by atoms with Gasteiger partial charge in [-0.05, 0) is 36.1 Å². The zero-order valence-corrected chi connectivity index (χ0v) is 12.8. The van der Waals surface area contributed by atoms with Crippen molar-refractivity contribution in [2.45, 2.75) is 27.7 Å². The Balaban J connectivity index is 2.33. The first-order valence-corrected chi connectivity index (χ1v) is 6.93. The van der Waals surface area contributed by atoms with Crippen LogP contribution in [-0.2, 0) is 4.79 Å². The molecular weight excluding hydrogens is 260 g/mol. The summed E-state index contributed by atoms with van der Waals surface area (Å²) in [6.07, 6.45) is 0. The molecule has 1 aromatic carbocycles. The van der Waals surface area contributed by atoms with Gasteiger partial charge in [0.05, 0.1) is 6.54 Å². The molecule has 0 spiro atoms. The van der Waals surface area contributed by atoms with Gasteiger partial charge in [-0.25, -0.2) is 0 Å². The number of hydrogen-bond donors (Lipinski definition) is 2. The van der Waals surface area contributed by atoms with Crippen molar-refractivity contribution in [2.24, 2.45) is 11.3 Å². The number of benzene rings is 1. The Labute approximate surface area is 120 Å². The average molecular weight is 283 g/mol. The molecule has 0 saturated heterocycles. The van der Waals surface area contributed by atoms with E-state index in [0.29, 0.717) is 17.5 Å². The van der Waals surface area contributed by atoms with Gasteiger partial charge in [0.2, 0.25) is 5.91 Å². The van der Waals surface area contributed by atoms with Crippen LogP contribution in [0.25, 0.3) is 0 Å². The van der Waals surface area contributed by atoms with Crippen molar-refractivity contribution in [3.63, 3.8) is 0 Å². The Bertz CT molecular complexity index is 426. The molecule has 0 aliphatic heterocycles. The van der Waals surface area contributed by atoms with E-state index in [2.05, 4.69) is 38.3 Å². The highest BCUT2D eigenvalue weighted by atomic mass is 35.5. The molecule has 0 aliphatic carbocycles. The van der Waals surface area contributed by atoms with Crippen LogP contribution in [0.3, 0.4) is 0 Å². The van der Waals surface area contributed by atoms with Crippen LogP contribution >= 0.6 is 11.6 Å². The monoisotopic (exact) mass is 282 g/mol. The second-order valence-corrected chi connectivity index (χ2v) is 6.39. The summed E-state index contributed by atoms with van der Waals surface area (Å²) in [6.45, 7) is 9.92. The van der Waals surface area contributed by atoms with E-state index in [0.717, 1.165) is 12.2 Å². The van der Waals surface area contributed by atoms with Crippen LogP contribution in [0.15, 0.2) is 24.3 Å². The van der Waals surface area contributed by atoms with Gasteiger partial charge in [0.15, 0.2) is 0 Å². The lowest BCUT2D eigenvalue weighted by atomic mass is 9.82. The van der Waals surface area contributed by atoms with E-state index in [1.54, 1.807) is 12.1 Å². The molecule has 0 radical (unpaired) electrons. The first-order chi connectivity index (χ1) is 8.79. The van der Waals surface area contributed by atoms with Crippen LogP contribution < -0.4 is 10.6 Å². The third-order valence-corrected chi connectivity index (χ3v) is 3.56. The standard InChI is InChI=1S/C15H23ClN2O/c1-11(15(2,3)4)9-17-10-14(19)18-13-7-5-6-12(16)8-13/h5-8,11,17H,9-10H2,1-4H3,(H,18,19). The second kappa shape index (κ2) is 6.92. The van der Waals surface area contributed by atoms with Gasteiger partial charge >= 0.3 is 0 Å². The van der Waals surface area contributed by atoms with E-state index < -0.39 is 0 Å². The Morgan fingerprint density at radius 1 is 1.37 bits per heavy atom. The lowest BCUT2D eigenvalue weighted by molar-refractivity contribution is -0.115. The van der Waals surface area contributed by atoms with Crippen LogP contribution in [0.5, 0.6) is 0 Å². The minimum atomic E-state index is -0.0524. The minimum Gasteiger partial charge on any atom is -0.325 e. The number of nitrogens with one attached hydrogen (secondary N) is 2. The molecule has 0 aromatic heterocycles. The summed E-state index contributed by atoms with van der Waals surface area (Å²) < 4.78 is 0. The highest BCUT2D eigenvalue weighted by molar-refractivity contribution is 6.30. The molecule has 19 heavy (non-hydrogen) atoms. The van der Waals surface area contributed by atoms with Gasteiger partial charge in [0.25, 0.3) is 0 Å². The largest absolute Gasteiger partial charge is 0.325 e. The molecule has 106 valence electrons. The van der Waals surface area contributed by atoms with Gasteiger partial charge in [-0.15, -0.1) is 0 Å². The molecule has 2 N–H and O–H groups in total. The molecule has 1 amide bonds. The van der Waals surface area contributed by atoms with Crippen LogP contribution in [0.1, 0.15) is 27.7 Å². The van der Waals surface area contributed by atoms with Crippen molar-refractivity contribution >= 4 is 23.2 Å². The molecule has 1 atom stereocenters. The van der Waals surface area contributed by atoms with Crippen LogP contribution in [0.2, 0.25) is 5.02 Å². The molecule has 3 nitrogen and oxygen atoms in total. The van der Waals surface area contributed by atoms with Crippen LogP contribution in [0.4, 0.5) is 5.69 Å². The number of carbonyl (C=O) groups is 1. The van der Waals surface area contributed by atoms with Gasteiger partial charge in [0.1, 0.15) is 0 Å². The summed E-state index contributed by atoms with van der Waals surface area (Å²) in [4.78, 5) is 11.7. The lowest BCUT2D eigenvalue weighted by Crippen LogP contribution is -2.34. The minimum absolute atomic E-state index is 0.0524. The normalized spacial score (nSPS) is 13.1. The van der Waals surface area contributed by atoms with Crippen molar-refractivity contribution in [2.75, 3.05) is 18.4 Å². The van der Waals surface area contributed by atoms with Crippen molar-refractivity contribution < 1.29 is 4.79 Å². The van der Waals surface area contributed by atoms with Crippen LogP contribution in [-0.4, -0.2) is 19.0 Å². The Kier molecular flexibility index (Phi) is 5.83. The maximum Gasteiger partial charge on any atom is 0.238 e. The smallest absolute Gasteiger partial charge is 0.238 e. The molecule has 1 aromatic rings. The average Bonchev–Trinajstić information content (AvgIpc) is 2.27. The van der Waals surface area contributed by atoms with E-state index in [4.69, 9.17) is 11.6 Å². The Hall–Kier alpha value is -1.06. The summed E-state index contributed by atoms with van der Waals surface area (Å²) in [5, 5.41) is 6.61. The Morgan fingerprint density at radius 3 is 2.63 bits per heavy atom. The van der Waals surface area contributed by atoms with E-state index in [1.807, 2.05) is 12.1 Å². The van der Waals surface area contributed by atoms with Gasteiger partial charge in [-0.2, -0.15) is 0 Å². The second-order valence-electron chi connectivity index (χ2n) is 5.96. The molecule has 0 heterocycles. The number of hydrogen-bond acceptors (Lipinski definition) is 2. The predicted molar refractivity (Wildman–Crippen MR) is 81.6 cm³/mol. The third-order valence-electron chi connectivity index (χ3n) is 3.32. The number of amides is 1. The molecule has 1 rings (SSSR count). The third kappa shape index (κ3) is 6.08. The molecule has 0 saturated carbocycles. The van der Waals surface area contributed by atoms with E-state index >= 15 is 0 Å². The van der Waals surface area contributed by atoms with Gasteiger partial charge < -0.3 is 10.6 Å². The molecule has 4 heteroatoms. The number of anilines is 1. The zero-order valence-electron chi connectivity index (χ0n) is 12.1. The molecule has 1 unspecified atom stereocenters. The van der Waals surface area contributed by atoms with Gasteiger partial charge in [-0.1, -0.05) is 45.4 Å². The van der Waals surface area contributed by atoms with Gasteiger partial charge in [-0.3, -0.25) is 4.79 Å². The fraction of sp³-hybridized carbons (Fsp3) is 0.533. The maximum atomic E-state index is 11.7. The molecule has 0 bridgehead atoms. The molecule has 0 aliphatic rings. The number of halogens is 1. The van der Waals surface area contributed by atoms with E-state index in [-0.39, 0.29) is 11.3 Å². The number of carbonyl (C=O) groups excluding carboxylic acids is 1. The highest BCUT2D eigenvalue weighted by Crippen LogP contribution is 2.24. The van der Waals surface area contributed by atoms with E-state index in [9.17, 15) is 4.79 Å². The SMILES string of the molecule is CC(CNCC(=O)Nc1cccc(Cl)c1)C(C)(C)C. The Morgan fingerprint density at radius 2 is 2.05 bits per heavy atom. The quantitative estimate of drug-likeness (QED) is 0.867. The zero-order chi connectivity index (χ0) is 14.5. The predicted octanol–water partition coefficient (Wildman–Crippen LogP) is 3.55. The van der Waals surface area contributed by atoms with E-state index in [1.165, 1.54) is 0 Å². The topological polar surface area (TPSA) is 41.1 Å². The van der Waals surface area contributed by atoms with Crippen molar-refractivity contribution in [3.05, 3.63) is 29.3 Å². The summed E-state index contributed by atoms with van der Waals surface area (Å²) >= 11 is 5.86.